The Balaban J connectivity index is 1.12. The number of rotatable bonds is 7. The fourth-order valence-electron chi connectivity index (χ4n) is 5.94. The summed E-state index contributed by atoms with van der Waals surface area (Å²) in [5, 5.41) is 15.0. The minimum atomic E-state index is -0.671. The molecule has 1 saturated heterocycles. The van der Waals surface area contributed by atoms with Crippen molar-refractivity contribution in [2.75, 3.05) is 26.9 Å². The average molecular weight is 489 g/mol. The Morgan fingerprint density at radius 1 is 1.17 bits per heavy atom. The Kier molecular flexibility index (Phi) is 6.15. The number of benzene rings is 1. The molecule has 0 radical (unpaired) electrons. The molecule has 6 rings (SSSR count). The van der Waals surface area contributed by atoms with Crippen LogP contribution in [0.25, 0.3) is 11.0 Å². The van der Waals surface area contributed by atoms with Crippen molar-refractivity contribution in [2.24, 2.45) is 5.92 Å². The molecule has 188 valence electrons. The van der Waals surface area contributed by atoms with Crippen molar-refractivity contribution in [2.45, 2.75) is 44.5 Å². The lowest BCUT2D eigenvalue weighted by molar-refractivity contribution is 0.0446. The number of nitrogens with zero attached hydrogens (tertiary/aromatic N) is 3. The van der Waals surface area contributed by atoms with E-state index in [-0.39, 0.29) is 0 Å². The van der Waals surface area contributed by atoms with E-state index in [0.29, 0.717) is 49.2 Å². The highest BCUT2D eigenvalue weighted by molar-refractivity contribution is 5.78. The molecule has 8 heteroatoms. The first-order valence-corrected chi connectivity index (χ1v) is 12.7. The van der Waals surface area contributed by atoms with Gasteiger partial charge < -0.3 is 29.5 Å². The Labute approximate surface area is 210 Å². The summed E-state index contributed by atoms with van der Waals surface area (Å²) in [6.45, 7) is 4.63. The van der Waals surface area contributed by atoms with Crippen LogP contribution in [0.3, 0.4) is 0 Å². The zero-order valence-corrected chi connectivity index (χ0v) is 20.7. The van der Waals surface area contributed by atoms with Crippen molar-refractivity contribution in [3.05, 3.63) is 65.5 Å². The maximum Gasteiger partial charge on any atom is 0.213 e. The van der Waals surface area contributed by atoms with E-state index in [4.69, 9.17) is 14.2 Å². The van der Waals surface area contributed by atoms with Gasteiger partial charge in [0.05, 0.1) is 24.2 Å². The number of methoxy groups -OCH3 is 1. The number of nitrogens with one attached hydrogen (secondary N) is 1. The minimum absolute atomic E-state index is 0.429. The van der Waals surface area contributed by atoms with Crippen LogP contribution in [0.4, 0.5) is 0 Å². The second-order valence-electron chi connectivity index (χ2n) is 9.70. The van der Waals surface area contributed by atoms with Gasteiger partial charge in [-0.25, -0.2) is 4.98 Å². The third kappa shape index (κ3) is 4.14. The molecule has 2 N–H and O–H groups in total. The van der Waals surface area contributed by atoms with E-state index in [1.807, 2.05) is 18.2 Å². The van der Waals surface area contributed by atoms with E-state index >= 15 is 0 Å². The van der Waals surface area contributed by atoms with Gasteiger partial charge in [-0.3, -0.25) is 4.98 Å². The van der Waals surface area contributed by atoms with Gasteiger partial charge in [0, 0.05) is 54.6 Å². The van der Waals surface area contributed by atoms with Crippen LogP contribution in [0, 0.1) is 5.92 Å². The van der Waals surface area contributed by atoms with Crippen molar-refractivity contribution in [3.8, 4) is 17.4 Å². The molecule has 8 nitrogen and oxygen atoms in total. The maximum atomic E-state index is 11.3. The standard InChI is InChI=1S/C28H32N4O4/c1-3-22-20-13-18(30-15-17-4-6-25-26(12-17)36-11-10-35-25)14-23(20)32(22)16-24(33)19-8-9-29-21-5-7-27(34-2)31-28(19)21/h3-9,12,18,20,23-24,30,33H,10-11,13-16H2,1-2H3/b22-3+. The molecule has 3 aromatic rings. The quantitative estimate of drug-likeness (QED) is 0.522. The number of pyridine rings is 2. The van der Waals surface area contributed by atoms with Gasteiger partial charge >= 0.3 is 0 Å². The molecule has 1 aliphatic carbocycles. The zero-order valence-electron chi connectivity index (χ0n) is 20.7. The smallest absolute Gasteiger partial charge is 0.213 e. The summed E-state index contributed by atoms with van der Waals surface area (Å²) >= 11 is 0. The Morgan fingerprint density at radius 3 is 2.86 bits per heavy atom. The fourth-order valence-corrected chi connectivity index (χ4v) is 5.94. The van der Waals surface area contributed by atoms with Crippen LogP contribution in [-0.2, 0) is 6.54 Å². The summed E-state index contributed by atoms with van der Waals surface area (Å²) in [5.74, 6) is 2.71. The van der Waals surface area contributed by atoms with Gasteiger partial charge in [-0.15, -0.1) is 0 Å². The first kappa shape index (κ1) is 23.1. The van der Waals surface area contributed by atoms with E-state index in [2.05, 4.69) is 45.3 Å². The lowest BCUT2D eigenvalue weighted by Crippen LogP contribution is -2.52. The Bertz CT molecular complexity index is 1300. The van der Waals surface area contributed by atoms with Gasteiger partial charge in [0.2, 0.25) is 5.88 Å². The normalized spacial score (nSPS) is 24.5. The second kappa shape index (κ2) is 9.59. The summed E-state index contributed by atoms with van der Waals surface area (Å²) in [4.78, 5) is 11.3. The SMILES string of the molecule is C/C=C1\C2CC(NCc3ccc4c(c3)OCCO4)CC2N1CC(O)c1ccnc2ccc(OC)nc12. The molecule has 0 bridgehead atoms. The molecule has 4 heterocycles. The van der Waals surface area contributed by atoms with Crippen molar-refractivity contribution >= 4 is 11.0 Å². The molecule has 2 fully saturated rings. The number of ether oxygens (including phenoxy) is 3. The highest BCUT2D eigenvalue weighted by Crippen LogP contribution is 2.48. The van der Waals surface area contributed by atoms with E-state index in [1.165, 1.54) is 11.3 Å². The molecule has 1 saturated carbocycles. The minimum Gasteiger partial charge on any atom is -0.486 e. The molecule has 2 aromatic heterocycles. The first-order chi connectivity index (χ1) is 17.6. The van der Waals surface area contributed by atoms with Crippen LogP contribution in [0.2, 0.25) is 0 Å². The largest absolute Gasteiger partial charge is 0.486 e. The number of fused-ring (bicyclic) bond motifs is 3. The third-order valence-electron chi connectivity index (χ3n) is 7.67. The Morgan fingerprint density at radius 2 is 2.03 bits per heavy atom. The van der Waals surface area contributed by atoms with Crippen LogP contribution < -0.4 is 19.5 Å². The highest BCUT2D eigenvalue weighted by Gasteiger charge is 2.49. The molecule has 36 heavy (non-hydrogen) atoms. The van der Waals surface area contributed by atoms with E-state index in [0.717, 1.165) is 42.0 Å². The van der Waals surface area contributed by atoms with Gasteiger partial charge in [-0.1, -0.05) is 12.1 Å². The summed E-state index contributed by atoms with van der Waals surface area (Å²) in [6, 6.07) is 12.6. The number of likely N-dealkylation sites (tertiary alicyclic amines) is 1. The molecule has 4 unspecified atom stereocenters. The zero-order chi connectivity index (χ0) is 24.6. The number of aliphatic hydroxyl groups excluding tert-OH is 1. The molecule has 0 amide bonds. The van der Waals surface area contributed by atoms with E-state index < -0.39 is 6.10 Å². The fraction of sp³-hybridized carbons (Fsp3) is 0.429. The molecular formula is C28H32N4O4. The van der Waals surface area contributed by atoms with Crippen LogP contribution >= 0.6 is 0 Å². The molecule has 4 atom stereocenters. The third-order valence-corrected chi connectivity index (χ3v) is 7.67. The highest BCUT2D eigenvalue weighted by atomic mass is 16.6. The molecule has 1 aromatic carbocycles. The van der Waals surface area contributed by atoms with E-state index in [9.17, 15) is 5.11 Å². The van der Waals surface area contributed by atoms with Gasteiger partial charge in [0.25, 0.3) is 0 Å². The predicted octanol–water partition coefficient (Wildman–Crippen LogP) is 3.60. The maximum absolute atomic E-state index is 11.3. The summed E-state index contributed by atoms with van der Waals surface area (Å²) in [7, 11) is 1.59. The van der Waals surface area contributed by atoms with Gasteiger partial charge in [-0.2, -0.15) is 0 Å². The topological polar surface area (TPSA) is 89.0 Å². The number of hydrogen-bond donors (Lipinski definition) is 2. The van der Waals surface area contributed by atoms with Crippen LogP contribution in [0.15, 0.2) is 54.4 Å². The molecular weight excluding hydrogens is 456 g/mol. The lowest BCUT2D eigenvalue weighted by atomic mass is 9.86. The van der Waals surface area contributed by atoms with Gasteiger partial charge in [0.15, 0.2) is 11.5 Å². The number of aliphatic hydroxyl groups is 1. The van der Waals surface area contributed by atoms with Crippen LogP contribution in [0.5, 0.6) is 17.4 Å². The predicted molar refractivity (Wildman–Crippen MR) is 136 cm³/mol. The average Bonchev–Trinajstić information content (AvgIpc) is 3.28. The lowest BCUT2D eigenvalue weighted by Gasteiger charge is -2.49. The second-order valence-corrected chi connectivity index (χ2v) is 9.70. The Hall–Kier alpha value is -3.36. The summed E-state index contributed by atoms with van der Waals surface area (Å²) in [6.07, 6.45) is 5.43. The van der Waals surface area contributed by atoms with Gasteiger partial charge in [-0.05, 0) is 49.6 Å². The number of hydrogen-bond acceptors (Lipinski definition) is 8. The number of aromatic nitrogens is 2. The van der Waals surface area contributed by atoms with Crippen molar-refractivity contribution in [1.82, 2.24) is 20.2 Å². The number of allylic oxidation sites excluding steroid dienone is 1. The van der Waals surface area contributed by atoms with Crippen molar-refractivity contribution in [3.63, 3.8) is 0 Å². The summed E-state index contributed by atoms with van der Waals surface area (Å²) in [5.41, 5.74) is 4.75. The molecule has 0 spiro atoms. The number of β-amino-alcohol motifs (C(OH)–C–C–N with tert-alkyl or cyclic N) is 1. The van der Waals surface area contributed by atoms with Crippen molar-refractivity contribution < 1.29 is 19.3 Å². The van der Waals surface area contributed by atoms with Crippen LogP contribution in [0.1, 0.15) is 37.0 Å². The first-order valence-electron chi connectivity index (χ1n) is 12.7. The van der Waals surface area contributed by atoms with Crippen LogP contribution in [-0.4, -0.2) is 58.9 Å². The summed E-state index contributed by atoms with van der Waals surface area (Å²) < 4.78 is 16.7. The van der Waals surface area contributed by atoms with E-state index in [1.54, 1.807) is 19.4 Å². The van der Waals surface area contributed by atoms with Crippen molar-refractivity contribution in [1.29, 1.82) is 0 Å². The molecule has 3 aliphatic rings. The molecule has 2 aliphatic heterocycles. The van der Waals surface area contributed by atoms with Gasteiger partial charge in [0.1, 0.15) is 13.2 Å². The monoisotopic (exact) mass is 488 g/mol.